The van der Waals surface area contributed by atoms with Crippen molar-refractivity contribution in [1.29, 1.82) is 0 Å². The Morgan fingerprint density at radius 1 is 1.27 bits per heavy atom. The Bertz CT molecular complexity index is 388. The van der Waals surface area contributed by atoms with Crippen molar-refractivity contribution >= 4 is 10.0 Å². The summed E-state index contributed by atoms with van der Waals surface area (Å²) in [6.07, 6.45) is 0. The van der Waals surface area contributed by atoms with Gasteiger partial charge in [0, 0.05) is 20.7 Å². The zero-order chi connectivity index (χ0) is 11.3. The molecule has 0 N–H and O–H groups in total. The third kappa shape index (κ3) is 3.02. The van der Waals surface area contributed by atoms with Gasteiger partial charge in [-0.2, -0.15) is 4.31 Å². The van der Waals surface area contributed by atoms with Crippen molar-refractivity contribution in [3.8, 4) is 0 Å². The molecule has 0 unspecified atom stereocenters. The normalized spacial score (nSPS) is 11.9. The van der Waals surface area contributed by atoms with Crippen LogP contribution >= 0.6 is 0 Å². The van der Waals surface area contributed by atoms with E-state index in [2.05, 4.69) is 0 Å². The lowest BCUT2D eigenvalue weighted by atomic mass is 10.4. The van der Waals surface area contributed by atoms with Gasteiger partial charge in [-0.3, -0.25) is 0 Å². The van der Waals surface area contributed by atoms with Crippen LogP contribution in [-0.4, -0.2) is 40.0 Å². The average Bonchev–Trinajstić information content (AvgIpc) is 2.27. The average molecular weight is 229 g/mol. The number of nitrogens with zero attached hydrogens (tertiary/aromatic N) is 1. The lowest BCUT2D eigenvalue weighted by Crippen LogP contribution is -2.30. The molecular formula is C10H15NO3S. The molecule has 4 nitrogen and oxygen atoms in total. The van der Waals surface area contributed by atoms with Crippen molar-refractivity contribution in [3.63, 3.8) is 0 Å². The second-order valence-electron chi connectivity index (χ2n) is 3.13. The van der Waals surface area contributed by atoms with Gasteiger partial charge in [0.05, 0.1) is 11.5 Å². The minimum atomic E-state index is -3.36. The Kier molecular flexibility index (Phi) is 4.26. The van der Waals surface area contributed by atoms with E-state index in [9.17, 15) is 8.42 Å². The van der Waals surface area contributed by atoms with Gasteiger partial charge in [-0.25, -0.2) is 8.42 Å². The first-order valence-electron chi connectivity index (χ1n) is 4.59. The van der Waals surface area contributed by atoms with Crippen LogP contribution in [0.1, 0.15) is 0 Å². The molecular weight excluding hydrogens is 214 g/mol. The number of hydrogen-bond acceptors (Lipinski definition) is 3. The number of methoxy groups -OCH3 is 1. The predicted octanol–water partition coefficient (Wildman–Crippen LogP) is 0.953. The molecule has 0 fully saturated rings. The van der Waals surface area contributed by atoms with E-state index in [1.54, 1.807) is 44.5 Å². The summed E-state index contributed by atoms with van der Waals surface area (Å²) in [5.41, 5.74) is 0. The van der Waals surface area contributed by atoms with Crippen LogP contribution < -0.4 is 0 Å². The van der Waals surface area contributed by atoms with E-state index in [-0.39, 0.29) is 0 Å². The summed E-state index contributed by atoms with van der Waals surface area (Å²) in [6, 6.07) is 8.36. The third-order valence-corrected chi connectivity index (χ3v) is 3.93. The molecule has 0 radical (unpaired) electrons. The van der Waals surface area contributed by atoms with Gasteiger partial charge in [0.1, 0.15) is 0 Å². The van der Waals surface area contributed by atoms with Gasteiger partial charge in [-0.05, 0) is 12.1 Å². The lowest BCUT2D eigenvalue weighted by molar-refractivity contribution is 0.185. The maximum atomic E-state index is 11.9. The fourth-order valence-corrected chi connectivity index (χ4v) is 2.29. The van der Waals surface area contributed by atoms with Crippen LogP contribution in [0.2, 0.25) is 0 Å². The second-order valence-corrected chi connectivity index (χ2v) is 5.18. The predicted molar refractivity (Wildman–Crippen MR) is 58.1 cm³/mol. The number of benzene rings is 1. The number of sulfonamides is 1. The number of ether oxygens (including phenoxy) is 1. The SMILES string of the molecule is COCCN(C)S(=O)(=O)c1ccccc1. The number of hydrogen-bond donors (Lipinski definition) is 0. The van der Waals surface area contributed by atoms with E-state index in [0.29, 0.717) is 18.0 Å². The van der Waals surface area contributed by atoms with Gasteiger partial charge in [0.25, 0.3) is 0 Å². The first-order valence-corrected chi connectivity index (χ1v) is 6.03. The van der Waals surface area contributed by atoms with Crippen molar-refractivity contribution in [1.82, 2.24) is 4.31 Å². The molecule has 0 bridgehead atoms. The summed E-state index contributed by atoms with van der Waals surface area (Å²) >= 11 is 0. The van der Waals surface area contributed by atoms with Crippen LogP contribution in [-0.2, 0) is 14.8 Å². The molecule has 84 valence electrons. The zero-order valence-corrected chi connectivity index (χ0v) is 9.70. The van der Waals surface area contributed by atoms with E-state index >= 15 is 0 Å². The maximum Gasteiger partial charge on any atom is 0.242 e. The maximum absolute atomic E-state index is 11.9. The molecule has 0 spiro atoms. The Morgan fingerprint density at radius 3 is 2.40 bits per heavy atom. The van der Waals surface area contributed by atoms with Crippen LogP contribution in [0.25, 0.3) is 0 Å². The summed E-state index contributed by atoms with van der Waals surface area (Å²) < 4.78 is 29.9. The summed E-state index contributed by atoms with van der Waals surface area (Å²) in [5.74, 6) is 0. The van der Waals surface area contributed by atoms with Gasteiger partial charge in [0.15, 0.2) is 0 Å². The van der Waals surface area contributed by atoms with Crippen LogP contribution in [0.4, 0.5) is 0 Å². The zero-order valence-electron chi connectivity index (χ0n) is 8.88. The van der Waals surface area contributed by atoms with Crippen LogP contribution in [0.3, 0.4) is 0 Å². The Balaban J connectivity index is 2.84. The molecule has 0 atom stereocenters. The molecule has 0 saturated carbocycles. The van der Waals surface area contributed by atoms with E-state index in [1.807, 2.05) is 0 Å². The molecule has 5 heteroatoms. The largest absolute Gasteiger partial charge is 0.383 e. The van der Waals surface area contributed by atoms with Crippen molar-refractivity contribution in [2.45, 2.75) is 4.90 Å². The minimum absolute atomic E-state index is 0.309. The molecule has 1 rings (SSSR count). The topological polar surface area (TPSA) is 46.6 Å². The highest BCUT2D eigenvalue weighted by molar-refractivity contribution is 7.89. The van der Waals surface area contributed by atoms with Crippen molar-refractivity contribution in [3.05, 3.63) is 30.3 Å². The highest BCUT2D eigenvalue weighted by Crippen LogP contribution is 2.12. The molecule has 1 aromatic rings. The third-order valence-electron chi connectivity index (χ3n) is 2.06. The van der Waals surface area contributed by atoms with Gasteiger partial charge in [0.2, 0.25) is 10.0 Å². The first kappa shape index (κ1) is 12.2. The quantitative estimate of drug-likeness (QED) is 0.755. The Labute approximate surface area is 90.5 Å². The van der Waals surface area contributed by atoms with E-state index < -0.39 is 10.0 Å². The molecule has 0 aliphatic rings. The van der Waals surface area contributed by atoms with Gasteiger partial charge < -0.3 is 4.74 Å². The molecule has 0 saturated heterocycles. The molecule has 0 aromatic heterocycles. The second kappa shape index (κ2) is 5.25. The van der Waals surface area contributed by atoms with E-state index in [4.69, 9.17) is 4.74 Å². The summed E-state index contributed by atoms with van der Waals surface area (Å²) in [5, 5.41) is 0. The fourth-order valence-electron chi connectivity index (χ4n) is 1.11. The van der Waals surface area contributed by atoms with Crippen LogP contribution in [0.5, 0.6) is 0 Å². The highest BCUT2D eigenvalue weighted by atomic mass is 32.2. The fraction of sp³-hybridized carbons (Fsp3) is 0.400. The van der Waals surface area contributed by atoms with Crippen molar-refractivity contribution in [2.75, 3.05) is 27.3 Å². The monoisotopic (exact) mass is 229 g/mol. The molecule has 0 heterocycles. The molecule has 0 aliphatic heterocycles. The minimum Gasteiger partial charge on any atom is -0.383 e. The molecule has 0 aliphatic carbocycles. The number of likely N-dealkylation sites (N-methyl/N-ethyl adjacent to an activating group) is 1. The van der Waals surface area contributed by atoms with E-state index in [1.165, 1.54) is 4.31 Å². The van der Waals surface area contributed by atoms with E-state index in [0.717, 1.165) is 0 Å². The highest BCUT2D eigenvalue weighted by Gasteiger charge is 2.19. The standard InChI is InChI=1S/C10H15NO3S/c1-11(8-9-14-2)15(12,13)10-6-4-3-5-7-10/h3-7H,8-9H2,1-2H3. The summed E-state index contributed by atoms with van der Waals surface area (Å²) in [7, 11) is -0.270. The number of rotatable bonds is 5. The summed E-state index contributed by atoms with van der Waals surface area (Å²) in [6.45, 7) is 0.746. The van der Waals surface area contributed by atoms with Crippen LogP contribution in [0.15, 0.2) is 35.2 Å². The lowest BCUT2D eigenvalue weighted by Gasteiger charge is -2.16. The van der Waals surface area contributed by atoms with Crippen molar-refractivity contribution in [2.24, 2.45) is 0 Å². The molecule has 15 heavy (non-hydrogen) atoms. The van der Waals surface area contributed by atoms with Gasteiger partial charge in [-0.1, -0.05) is 18.2 Å². The molecule has 1 aromatic carbocycles. The molecule has 0 amide bonds. The van der Waals surface area contributed by atoms with Crippen LogP contribution in [0, 0.1) is 0 Å². The van der Waals surface area contributed by atoms with Gasteiger partial charge >= 0.3 is 0 Å². The van der Waals surface area contributed by atoms with Crippen molar-refractivity contribution < 1.29 is 13.2 Å². The summed E-state index contributed by atoms with van der Waals surface area (Å²) in [4.78, 5) is 0.309. The Hall–Kier alpha value is -0.910. The smallest absolute Gasteiger partial charge is 0.242 e. The Morgan fingerprint density at radius 2 is 1.87 bits per heavy atom. The van der Waals surface area contributed by atoms with Gasteiger partial charge in [-0.15, -0.1) is 0 Å². The first-order chi connectivity index (χ1) is 7.09.